The SMILES string of the molecule is CC(C(=O)O)[C@H](NC(=O)c1cc(OCC(=O)N2CCCC2=O)n(-c2ccccc2)n1)C(=O)N1CCN(C(=O)O)CC1. The highest BCUT2D eigenvalue weighted by Crippen LogP contribution is 2.21. The second kappa shape index (κ2) is 12.5. The lowest BCUT2D eigenvalue weighted by Crippen LogP contribution is -2.58. The number of carboxylic acids is 1. The maximum Gasteiger partial charge on any atom is 0.407 e. The lowest BCUT2D eigenvalue weighted by atomic mass is 10.00. The van der Waals surface area contributed by atoms with E-state index in [9.17, 15) is 33.9 Å². The molecule has 2 atom stereocenters. The van der Waals surface area contributed by atoms with Gasteiger partial charge in [-0.2, -0.15) is 5.10 Å². The van der Waals surface area contributed by atoms with Gasteiger partial charge in [-0.05, 0) is 25.5 Å². The molecular formula is C26H30N6O9. The zero-order valence-electron chi connectivity index (χ0n) is 22.3. The van der Waals surface area contributed by atoms with Crippen molar-refractivity contribution in [2.75, 3.05) is 39.3 Å². The van der Waals surface area contributed by atoms with Gasteiger partial charge in [0, 0.05) is 45.2 Å². The van der Waals surface area contributed by atoms with Gasteiger partial charge in [-0.25, -0.2) is 9.48 Å². The number of hydrogen-bond acceptors (Lipinski definition) is 8. The van der Waals surface area contributed by atoms with Crippen molar-refractivity contribution >= 4 is 35.7 Å². The quantitative estimate of drug-likeness (QED) is 0.371. The maximum atomic E-state index is 13.3. The summed E-state index contributed by atoms with van der Waals surface area (Å²) in [5.41, 5.74) is 0.286. The average Bonchev–Trinajstić information content (AvgIpc) is 3.60. The zero-order valence-corrected chi connectivity index (χ0v) is 22.3. The Kier molecular flexibility index (Phi) is 8.84. The Hall–Kier alpha value is -4.95. The fraction of sp³-hybridized carbons (Fsp3) is 0.423. The third-order valence-electron chi connectivity index (χ3n) is 6.93. The fourth-order valence-corrected chi connectivity index (χ4v) is 4.53. The summed E-state index contributed by atoms with van der Waals surface area (Å²) in [6.07, 6.45) is -0.274. The third-order valence-corrected chi connectivity index (χ3v) is 6.93. The first kappa shape index (κ1) is 29.0. The van der Waals surface area contributed by atoms with Crippen LogP contribution in [0.1, 0.15) is 30.3 Å². The van der Waals surface area contributed by atoms with Crippen molar-refractivity contribution in [3.63, 3.8) is 0 Å². The van der Waals surface area contributed by atoms with Crippen molar-refractivity contribution in [1.29, 1.82) is 0 Å². The third kappa shape index (κ3) is 6.62. The van der Waals surface area contributed by atoms with Crippen LogP contribution >= 0.6 is 0 Å². The normalized spacial score (nSPS) is 16.7. The van der Waals surface area contributed by atoms with E-state index in [1.54, 1.807) is 30.3 Å². The van der Waals surface area contributed by atoms with E-state index in [0.717, 1.165) is 9.80 Å². The first-order valence-electron chi connectivity index (χ1n) is 13.0. The van der Waals surface area contributed by atoms with Crippen molar-refractivity contribution < 1.29 is 43.7 Å². The number of ether oxygens (including phenoxy) is 1. The number of carbonyl (C=O) groups excluding carboxylic acids is 4. The van der Waals surface area contributed by atoms with Crippen molar-refractivity contribution in [3.05, 3.63) is 42.1 Å². The number of hydrogen-bond donors (Lipinski definition) is 3. The summed E-state index contributed by atoms with van der Waals surface area (Å²) in [7, 11) is 0. The Morgan fingerprint density at radius 3 is 2.24 bits per heavy atom. The van der Waals surface area contributed by atoms with Crippen LogP contribution in [0.2, 0.25) is 0 Å². The number of aliphatic carboxylic acids is 1. The highest BCUT2D eigenvalue weighted by Gasteiger charge is 2.37. The van der Waals surface area contributed by atoms with Gasteiger partial charge < -0.3 is 30.1 Å². The second-order valence-electron chi connectivity index (χ2n) is 9.62. The molecule has 0 bridgehead atoms. The van der Waals surface area contributed by atoms with E-state index in [-0.39, 0.29) is 50.1 Å². The summed E-state index contributed by atoms with van der Waals surface area (Å²) >= 11 is 0. The highest BCUT2D eigenvalue weighted by molar-refractivity contribution is 5.98. The van der Waals surface area contributed by atoms with Gasteiger partial charge in [0.1, 0.15) is 6.04 Å². The van der Waals surface area contributed by atoms with Gasteiger partial charge in [0.15, 0.2) is 12.3 Å². The number of likely N-dealkylation sites (tertiary alicyclic amines) is 1. The predicted octanol–water partition coefficient (Wildman–Crippen LogP) is 0.0414. The van der Waals surface area contributed by atoms with E-state index in [1.165, 1.54) is 22.6 Å². The Bertz CT molecular complexity index is 1340. The molecule has 5 amide bonds. The molecule has 15 nitrogen and oxygen atoms in total. The Balaban J connectivity index is 1.54. The average molecular weight is 571 g/mol. The monoisotopic (exact) mass is 570 g/mol. The molecule has 2 saturated heterocycles. The minimum atomic E-state index is -1.47. The molecule has 0 saturated carbocycles. The molecule has 1 aromatic heterocycles. The first-order valence-corrected chi connectivity index (χ1v) is 13.0. The van der Waals surface area contributed by atoms with Crippen LogP contribution in [0.15, 0.2) is 36.4 Å². The number of para-hydroxylation sites is 1. The molecule has 41 heavy (non-hydrogen) atoms. The first-order chi connectivity index (χ1) is 19.6. The lowest BCUT2D eigenvalue weighted by Gasteiger charge is -2.35. The lowest BCUT2D eigenvalue weighted by molar-refractivity contribution is -0.147. The van der Waals surface area contributed by atoms with Gasteiger partial charge in [0.25, 0.3) is 11.8 Å². The molecule has 1 unspecified atom stereocenters. The van der Waals surface area contributed by atoms with Crippen LogP contribution in [-0.4, -0.2) is 116 Å². The van der Waals surface area contributed by atoms with E-state index in [0.29, 0.717) is 18.7 Å². The van der Waals surface area contributed by atoms with E-state index < -0.39 is 48.4 Å². The maximum absolute atomic E-state index is 13.3. The number of imide groups is 1. The Morgan fingerprint density at radius 1 is 1.00 bits per heavy atom. The van der Waals surface area contributed by atoms with Crippen molar-refractivity contribution in [3.8, 4) is 11.6 Å². The molecule has 0 radical (unpaired) electrons. The Morgan fingerprint density at radius 2 is 1.66 bits per heavy atom. The predicted molar refractivity (Wildman–Crippen MR) is 139 cm³/mol. The number of rotatable bonds is 9. The van der Waals surface area contributed by atoms with Crippen LogP contribution in [0.25, 0.3) is 5.69 Å². The molecule has 2 aliphatic heterocycles. The minimum absolute atomic E-state index is 0.0142. The van der Waals surface area contributed by atoms with E-state index >= 15 is 0 Å². The molecular weight excluding hydrogens is 540 g/mol. The molecule has 0 aliphatic carbocycles. The minimum Gasteiger partial charge on any atom is -0.481 e. The molecule has 2 aliphatic rings. The van der Waals surface area contributed by atoms with Crippen LogP contribution in [0, 0.1) is 5.92 Å². The number of piperazine rings is 1. The van der Waals surface area contributed by atoms with Crippen molar-refractivity contribution in [2.24, 2.45) is 5.92 Å². The summed E-state index contributed by atoms with van der Waals surface area (Å²) in [6, 6.07) is 8.37. The van der Waals surface area contributed by atoms with E-state index in [2.05, 4.69) is 10.4 Å². The van der Waals surface area contributed by atoms with Gasteiger partial charge >= 0.3 is 12.1 Å². The summed E-state index contributed by atoms with van der Waals surface area (Å²) in [5.74, 6) is -4.97. The second-order valence-corrected chi connectivity index (χ2v) is 9.62. The van der Waals surface area contributed by atoms with Gasteiger partial charge in [-0.15, -0.1) is 0 Å². The number of carbonyl (C=O) groups is 6. The molecule has 2 aromatic rings. The summed E-state index contributed by atoms with van der Waals surface area (Å²) in [5, 5.41) is 25.5. The smallest absolute Gasteiger partial charge is 0.407 e. The standard InChI is InChI=1S/C26H30N6O9/c1-16(25(37)38)22(24(36)29-10-12-30(13-11-29)26(39)40)27-23(35)18-14-21(32(28-18)17-6-3-2-4-7-17)41-15-20(34)31-9-5-8-19(31)33/h2-4,6-7,14,16,22H,5,8-13,15H2,1H3,(H,27,35)(H,37,38)(H,39,40)/t16?,22-/m0/s1. The molecule has 3 heterocycles. The summed E-state index contributed by atoms with van der Waals surface area (Å²) < 4.78 is 6.94. The zero-order chi connectivity index (χ0) is 29.7. The molecule has 1 aromatic carbocycles. The summed E-state index contributed by atoms with van der Waals surface area (Å²) in [6.45, 7) is 1.28. The van der Waals surface area contributed by atoms with Crippen LogP contribution in [0.5, 0.6) is 5.88 Å². The van der Waals surface area contributed by atoms with Crippen molar-refractivity contribution in [1.82, 2.24) is 29.8 Å². The van der Waals surface area contributed by atoms with Gasteiger partial charge in [0.2, 0.25) is 17.7 Å². The van der Waals surface area contributed by atoms with Crippen LogP contribution in [0.3, 0.4) is 0 Å². The Labute approximate surface area is 234 Å². The topological polar surface area (TPSA) is 192 Å². The molecule has 218 valence electrons. The number of carboxylic acid groups (broad SMARTS) is 2. The van der Waals surface area contributed by atoms with E-state index in [4.69, 9.17) is 9.84 Å². The number of nitrogens with zero attached hydrogens (tertiary/aromatic N) is 5. The van der Waals surface area contributed by atoms with Crippen molar-refractivity contribution in [2.45, 2.75) is 25.8 Å². The summed E-state index contributed by atoms with van der Waals surface area (Å²) in [4.78, 5) is 77.5. The van der Waals surface area contributed by atoms with E-state index in [1.807, 2.05) is 0 Å². The van der Waals surface area contributed by atoms with Crippen LogP contribution in [-0.2, 0) is 19.2 Å². The molecule has 4 rings (SSSR count). The molecule has 15 heteroatoms. The van der Waals surface area contributed by atoms with Crippen LogP contribution in [0.4, 0.5) is 4.79 Å². The van der Waals surface area contributed by atoms with Gasteiger partial charge in [-0.3, -0.25) is 28.9 Å². The number of benzene rings is 1. The van der Waals surface area contributed by atoms with Crippen LogP contribution < -0.4 is 10.1 Å². The fourth-order valence-electron chi connectivity index (χ4n) is 4.53. The number of aromatic nitrogens is 2. The molecule has 3 N–H and O–H groups in total. The largest absolute Gasteiger partial charge is 0.481 e. The number of nitrogens with one attached hydrogen (secondary N) is 1. The van der Waals surface area contributed by atoms with Gasteiger partial charge in [0.05, 0.1) is 11.6 Å². The molecule has 2 fully saturated rings. The number of amides is 5. The highest BCUT2D eigenvalue weighted by atomic mass is 16.5. The molecule has 0 spiro atoms. The van der Waals surface area contributed by atoms with Gasteiger partial charge in [-0.1, -0.05) is 18.2 Å².